The van der Waals surface area contributed by atoms with Crippen LogP contribution < -0.4 is 10.5 Å². The molecule has 0 spiro atoms. The van der Waals surface area contributed by atoms with Gasteiger partial charge in [-0.25, -0.2) is 0 Å². The largest absolute Gasteiger partial charge is 0.489 e. The van der Waals surface area contributed by atoms with Gasteiger partial charge in [0.05, 0.1) is 0 Å². The van der Waals surface area contributed by atoms with Gasteiger partial charge in [-0.2, -0.15) is 0 Å². The van der Waals surface area contributed by atoms with Gasteiger partial charge in [0, 0.05) is 0 Å². The third kappa shape index (κ3) is 3.33. The van der Waals surface area contributed by atoms with Crippen molar-refractivity contribution in [3.05, 3.63) is 65.7 Å². The van der Waals surface area contributed by atoms with E-state index < -0.39 is 0 Å². The maximum Gasteiger partial charge on any atom is 0.123 e. The molecule has 0 aliphatic rings. The minimum Gasteiger partial charge on any atom is -0.489 e. The van der Waals surface area contributed by atoms with E-state index in [4.69, 9.17) is 10.5 Å². The van der Waals surface area contributed by atoms with Crippen molar-refractivity contribution in [3.63, 3.8) is 0 Å². The monoisotopic (exact) mass is 227 g/mol. The Labute approximate surface area is 102 Å². The smallest absolute Gasteiger partial charge is 0.123 e. The number of hydrogen-bond acceptors (Lipinski definition) is 2. The molecular formula is C15H17NO. The second kappa shape index (κ2) is 6.06. The van der Waals surface area contributed by atoms with Gasteiger partial charge in [-0.15, -0.1) is 0 Å². The summed E-state index contributed by atoms with van der Waals surface area (Å²) in [7, 11) is 0. The Kier molecular flexibility index (Phi) is 4.17. The first-order valence-corrected chi connectivity index (χ1v) is 5.85. The number of para-hydroxylation sites is 1. The first-order valence-electron chi connectivity index (χ1n) is 5.85. The summed E-state index contributed by atoms with van der Waals surface area (Å²) < 4.78 is 5.82. The summed E-state index contributed by atoms with van der Waals surface area (Å²) in [6.45, 7) is 1.24. The van der Waals surface area contributed by atoms with Crippen molar-refractivity contribution in [2.24, 2.45) is 5.73 Å². The molecule has 0 saturated heterocycles. The topological polar surface area (TPSA) is 35.2 Å². The zero-order chi connectivity index (χ0) is 11.9. The molecule has 2 N–H and O–H groups in total. The molecule has 0 bridgehead atoms. The molecule has 0 unspecified atom stereocenters. The Morgan fingerprint density at radius 2 is 1.59 bits per heavy atom. The van der Waals surface area contributed by atoms with E-state index in [1.54, 1.807) is 0 Å². The highest BCUT2D eigenvalue weighted by atomic mass is 16.5. The van der Waals surface area contributed by atoms with Gasteiger partial charge >= 0.3 is 0 Å². The minimum absolute atomic E-state index is 0.600. The van der Waals surface area contributed by atoms with Crippen LogP contribution in [0.1, 0.15) is 11.1 Å². The molecule has 0 saturated carbocycles. The van der Waals surface area contributed by atoms with Crippen molar-refractivity contribution in [2.45, 2.75) is 13.0 Å². The third-order valence-electron chi connectivity index (χ3n) is 2.62. The van der Waals surface area contributed by atoms with E-state index >= 15 is 0 Å². The zero-order valence-corrected chi connectivity index (χ0v) is 9.80. The van der Waals surface area contributed by atoms with Gasteiger partial charge < -0.3 is 10.5 Å². The summed E-state index contributed by atoms with van der Waals surface area (Å²) in [5, 5.41) is 0. The van der Waals surface area contributed by atoms with Crippen molar-refractivity contribution in [1.29, 1.82) is 0 Å². The molecule has 0 atom stereocenters. The van der Waals surface area contributed by atoms with E-state index in [-0.39, 0.29) is 0 Å². The maximum atomic E-state index is 5.82. The van der Waals surface area contributed by atoms with E-state index in [2.05, 4.69) is 18.2 Å². The molecule has 0 heterocycles. The molecular weight excluding hydrogens is 210 g/mol. The number of nitrogens with two attached hydrogens (primary N) is 1. The van der Waals surface area contributed by atoms with Gasteiger partial charge in [-0.3, -0.25) is 0 Å². The predicted molar refractivity (Wildman–Crippen MR) is 70.0 cm³/mol. The Morgan fingerprint density at radius 1 is 0.882 bits per heavy atom. The SMILES string of the molecule is NCCc1ccccc1OCc1ccccc1. The van der Waals surface area contributed by atoms with Crippen LogP contribution in [0, 0.1) is 0 Å². The lowest BCUT2D eigenvalue weighted by atomic mass is 10.1. The fourth-order valence-corrected chi connectivity index (χ4v) is 1.74. The fourth-order valence-electron chi connectivity index (χ4n) is 1.74. The zero-order valence-electron chi connectivity index (χ0n) is 9.80. The Hall–Kier alpha value is -1.80. The van der Waals surface area contributed by atoms with Crippen LogP contribution in [0.2, 0.25) is 0 Å². The number of rotatable bonds is 5. The van der Waals surface area contributed by atoms with Crippen LogP contribution in [0.3, 0.4) is 0 Å². The highest BCUT2D eigenvalue weighted by Gasteiger charge is 2.01. The highest BCUT2D eigenvalue weighted by Crippen LogP contribution is 2.19. The van der Waals surface area contributed by atoms with Crippen LogP contribution in [0.5, 0.6) is 5.75 Å². The van der Waals surface area contributed by atoms with Crippen LogP contribution >= 0.6 is 0 Å². The van der Waals surface area contributed by atoms with E-state index in [1.807, 2.05) is 36.4 Å². The van der Waals surface area contributed by atoms with Crippen molar-refractivity contribution < 1.29 is 4.74 Å². The van der Waals surface area contributed by atoms with Crippen LogP contribution in [0.25, 0.3) is 0 Å². The van der Waals surface area contributed by atoms with E-state index in [9.17, 15) is 0 Å². The molecule has 0 aliphatic heterocycles. The van der Waals surface area contributed by atoms with Gasteiger partial charge in [0.25, 0.3) is 0 Å². The van der Waals surface area contributed by atoms with Gasteiger partial charge in [0.2, 0.25) is 0 Å². The molecule has 2 rings (SSSR count). The first kappa shape index (κ1) is 11.7. The Balaban J connectivity index is 2.03. The van der Waals surface area contributed by atoms with E-state index in [1.165, 1.54) is 11.1 Å². The van der Waals surface area contributed by atoms with Crippen LogP contribution in [0.4, 0.5) is 0 Å². The second-order valence-electron chi connectivity index (χ2n) is 3.92. The fraction of sp³-hybridized carbons (Fsp3) is 0.200. The van der Waals surface area contributed by atoms with Gasteiger partial charge in [0.1, 0.15) is 12.4 Å². The van der Waals surface area contributed by atoms with Gasteiger partial charge in [-0.1, -0.05) is 48.5 Å². The molecule has 2 aromatic rings. The highest BCUT2D eigenvalue weighted by molar-refractivity contribution is 5.33. The molecule has 2 nitrogen and oxygen atoms in total. The predicted octanol–water partition coefficient (Wildman–Crippen LogP) is 2.77. The van der Waals surface area contributed by atoms with Crippen molar-refractivity contribution in [1.82, 2.24) is 0 Å². The number of hydrogen-bond donors (Lipinski definition) is 1. The molecule has 88 valence electrons. The van der Waals surface area contributed by atoms with Crippen LogP contribution in [0.15, 0.2) is 54.6 Å². The molecule has 2 heteroatoms. The first-order chi connectivity index (χ1) is 8.40. The lowest BCUT2D eigenvalue weighted by Crippen LogP contribution is -2.05. The second-order valence-corrected chi connectivity index (χ2v) is 3.92. The molecule has 0 radical (unpaired) electrons. The van der Waals surface area contributed by atoms with Gasteiger partial charge in [-0.05, 0) is 30.2 Å². The summed E-state index contributed by atoms with van der Waals surface area (Å²) in [6.07, 6.45) is 0.852. The van der Waals surface area contributed by atoms with E-state index in [0.29, 0.717) is 13.2 Å². The molecule has 0 amide bonds. The molecule has 2 aromatic carbocycles. The Bertz CT molecular complexity index is 453. The van der Waals surface area contributed by atoms with Crippen molar-refractivity contribution in [3.8, 4) is 5.75 Å². The summed E-state index contributed by atoms with van der Waals surface area (Å²) in [5.74, 6) is 0.932. The van der Waals surface area contributed by atoms with Crippen LogP contribution in [-0.2, 0) is 13.0 Å². The lowest BCUT2D eigenvalue weighted by Gasteiger charge is -2.10. The summed E-state index contributed by atoms with van der Waals surface area (Å²) in [4.78, 5) is 0. The lowest BCUT2D eigenvalue weighted by molar-refractivity contribution is 0.303. The molecule has 17 heavy (non-hydrogen) atoms. The number of benzene rings is 2. The van der Waals surface area contributed by atoms with Crippen molar-refractivity contribution >= 4 is 0 Å². The van der Waals surface area contributed by atoms with Crippen LogP contribution in [-0.4, -0.2) is 6.54 Å². The molecule has 0 aliphatic carbocycles. The average molecular weight is 227 g/mol. The summed E-state index contributed by atoms with van der Waals surface area (Å²) in [6, 6.07) is 18.2. The quantitative estimate of drug-likeness (QED) is 0.852. The summed E-state index contributed by atoms with van der Waals surface area (Å²) >= 11 is 0. The average Bonchev–Trinajstić information content (AvgIpc) is 2.39. The standard InChI is InChI=1S/C15H17NO/c16-11-10-14-8-4-5-9-15(14)17-12-13-6-2-1-3-7-13/h1-9H,10-12,16H2. The van der Waals surface area contributed by atoms with Gasteiger partial charge in [0.15, 0.2) is 0 Å². The normalized spacial score (nSPS) is 10.2. The maximum absolute atomic E-state index is 5.82. The third-order valence-corrected chi connectivity index (χ3v) is 2.62. The number of ether oxygens (including phenoxy) is 1. The Morgan fingerprint density at radius 3 is 2.35 bits per heavy atom. The summed E-state index contributed by atoms with van der Waals surface area (Å²) in [5.41, 5.74) is 7.93. The molecule has 0 fully saturated rings. The molecule has 0 aromatic heterocycles. The minimum atomic E-state index is 0.600. The van der Waals surface area contributed by atoms with E-state index in [0.717, 1.165) is 12.2 Å². The van der Waals surface area contributed by atoms with Crippen molar-refractivity contribution in [2.75, 3.05) is 6.54 Å².